The molecule has 11 rings (SSSR count). The minimum atomic E-state index is -0.453. The highest BCUT2D eigenvalue weighted by atomic mass is 16.3. The van der Waals surface area contributed by atoms with E-state index < -0.39 is 6.17 Å². The first-order chi connectivity index (χ1) is 25.7. The smallest absolute Gasteiger partial charge is 0.160 e. The normalized spacial score (nSPS) is 14.7. The van der Waals surface area contributed by atoms with Crippen LogP contribution in [0, 0.1) is 0 Å². The van der Waals surface area contributed by atoms with E-state index in [-0.39, 0.29) is 0 Å². The Morgan fingerprint density at radius 2 is 1.12 bits per heavy atom. The molecule has 1 N–H and O–H groups in total. The Kier molecular flexibility index (Phi) is 6.25. The average Bonchev–Trinajstić information content (AvgIpc) is 3.78. The van der Waals surface area contributed by atoms with Crippen LogP contribution < -0.4 is 5.32 Å². The lowest BCUT2D eigenvalue weighted by atomic mass is 9.99. The van der Waals surface area contributed by atoms with Gasteiger partial charge >= 0.3 is 0 Å². The topological polar surface area (TPSA) is 63.0 Å². The number of aliphatic imine (C=N–C) groups is 2. The molecule has 8 aromatic carbocycles. The maximum Gasteiger partial charge on any atom is 0.160 e. The highest BCUT2D eigenvalue weighted by Crippen LogP contribution is 2.38. The SMILES string of the molecule is c1ccc2cc(C3=NC(c4cccc5oc6cc(-c7ccc8ccccc8c7)ccc6c45)=NC(c4cccc5c4oc4ccccc45)N3)ccc2c1. The number of nitrogens with one attached hydrogen (secondary N) is 1. The molecule has 1 aliphatic heterocycles. The van der Waals surface area contributed by atoms with Crippen LogP contribution in [0.3, 0.4) is 0 Å². The number of hydrogen-bond acceptors (Lipinski definition) is 5. The summed E-state index contributed by atoms with van der Waals surface area (Å²) in [5, 5.41) is 12.6. The molecule has 0 saturated heterocycles. The van der Waals surface area contributed by atoms with E-state index in [1.165, 1.54) is 16.2 Å². The number of hydrogen-bond donors (Lipinski definition) is 1. The minimum absolute atomic E-state index is 0.453. The first-order valence-corrected chi connectivity index (χ1v) is 17.5. The molecule has 0 spiro atoms. The fourth-order valence-corrected chi connectivity index (χ4v) is 7.76. The van der Waals surface area contributed by atoms with Gasteiger partial charge in [0.05, 0.1) is 0 Å². The highest BCUT2D eigenvalue weighted by Gasteiger charge is 2.26. The van der Waals surface area contributed by atoms with Gasteiger partial charge in [-0.05, 0) is 69.1 Å². The molecule has 2 aromatic heterocycles. The average molecular weight is 668 g/mol. The molecule has 0 aliphatic carbocycles. The van der Waals surface area contributed by atoms with Gasteiger partial charge in [0.25, 0.3) is 0 Å². The molecular weight excluding hydrogens is 639 g/mol. The molecule has 1 unspecified atom stereocenters. The summed E-state index contributed by atoms with van der Waals surface area (Å²) < 4.78 is 13.1. The largest absolute Gasteiger partial charge is 0.456 e. The van der Waals surface area contributed by atoms with Gasteiger partial charge in [0.2, 0.25) is 0 Å². The molecule has 5 nitrogen and oxygen atoms in total. The zero-order valence-corrected chi connectivity index (χ0v) is 27.9. The van der Waals surface area contributed by atoms with E-state index in [2.05, 4.69) is 139 Å². The third-order valence-electron chi connectivity index (χ3n) is 10.3. The van der Waals surface area contributed by atoms with E-state index in [0.717, 1.165) is 82.9 Å². The number of nitrogens with zero attached hydrogens (tertiary/aromatic N) is 2. The highest BCUT2D eigenvalue weighted by molar-refractivity contribution is 6.22. The van der Waals surface area contributed by atoms with Gasteiger partial charge in [-0.25, -0.2) is 9.98 Å². The molecule has 3 heterocycles. The van der Waals surface area contributed by atoms with Crippen LogP contribution >= 0.6 is 0 Å². The molecule has 1 aliphatic rings. The molecule has 5 heteroatoms. The van der Waals surface area contributed by atoms with Gasteiger partial charge in [-0.15, -0.1) is 0 Å². The lowest BCUT2D eigenvalue weighted by molar-refractivity contribution is 0.628. The van der Waals surface area contributed by atoms with Gasteiger partial charge in [0.1, 0.15) is 28.2 Å². The van der Waals surface area contributed by atoms with Gasteiger partial charge in [0.15, 0.2) is 12.0 Å². The molecule has 0 radical (unpaired) electrons. The van der Waals surface area contributed by atoms with E-state index in [1.54, 1.807) is 0 Å². The maximum atomic E-state index is 6.56. The van der Waals surface area contributed by atoms with Crippen molar-refractivity contribution in [2.45, 2.75) is 6.17 Å². The molecule has 244 valence electrons. The van der Waals surface area contributed by atoms with Gasteiger partial charge in [-0.3, -0.25) is 0 Å². The van der Waals surface area contributed by atoms with Crippen molar-refractivity contribution in [3.05, 3.63) is 180 Å². The Hall–Kier alpha value is -6.98. The van der Waals surface area contributed by atoms with E-state index in [0.29, 0.717) is 5.84 Å². The van der Waals surface area contributed by atoms with Crippen LogP contribution in [0.5, 0.6) is 0 Å². The first-order valence-electron chi connectivity index (χ1n) is 17.5. The summed E-state index contributed by atoms with van der Waals surface area (Å²) in [5.74, 6) is 1.38. The van der Waals surface area contributed by atoms with Gasteiger partial charge in [-0.2, -0.15) is 0 Å². The fourth-order valence-electron chi connectivity index (χ4n) is 7.76. The van der Waals surface area contributed by atoms with Crippen molar-refractivity contribution < 1.29 is 8.83 Å². The Balaban J connectivity index is 1.09. The van der Waals surface area contributed by atoms with Crippen LogP contribution in [-0.2, 0) is 0 Å². The molecule has 1 atom stereocenters. The summed E-state index contributed by atoms with van der Waals surface area (Å²) >= 11 is 0. The van der Waals surface area contributed by atoms with Crippen molar-refractivity contribution in [3.63, 3.8) is 0 Å². The summed E-state index contributed by atoms with van der Waals surface area (Å²) in [4.78, 5) is 10.6. The number of rotatable bonds is 4. The lowest BCUT2D eigenvalue weighted by Crippen LogP contribution is -2.33. The van der Waals surface area contributed by atoms with E-state index in [1.807, 2.05) is 30.3 Å². The predicted molar refractivity (Wildman–Crippen MR) is 213 cm³/mol. The predicted octanol–water partition coefficient (Wildman–Crippen LogP) is 12.0. The maximum absolute atomic E-state index is 6.56. The fraction of sp³-hybridized carbons (Fsp3) is 0.0213. The zero-order chi connectivity index (χ0) is 34.2. The second-order valence-corrected chi connectivity index (χ2v) is 13.4. The molecule has 10 aromatic rings. The second-order valence-electron chi connectivity index (χ2n) is 13.4. The summed E-state index contributed by atoms with van der Waals surface area (Å²) in [6.45, 7) is 0. The molecular formula is C47H29N3O2. The van der Waals surface area contributed by atoms with Crippen molar-refractivity contribution in [1.29, 1.82) is 0 Å². The van der Waals surface area contributed by atoms with Crippen LogP contribution in [0.4, 0.5) is 0 Å². The number of benzene rings is 8. The number of furan rings is 2. The van der Waals surface area contributed by atoms with Crippen LogP contribution in [0.2, 0.25) is 0 Å². The summed E-state index contributed by atoms with van der Waals surface area (Å²) in [6, 6.07) is 57.0. The molecule has 52 heavy (non-hydrogen) atoms. The van der Waals surface area contributed by atoms with Crippen molar-refractivity contribution in [3.8, 4) is 11.1 Å². The van der Waals surface area contributed by atoms with E-state index >= 15 is 0 Å². The van der Waals surface area contributed by atoms with Crippen LogP contribution in [0.15, 0.2) is 183 Å². The molecule has 0 saturated carbocycles. The minimum Gasteiger partial charge on any atom is -0.456 e. The van der Waals surface area contributed by atoms with E-state index in [4.69, 9.17) is 18.8 Å². The third kappa shape index (κ3) is 4.56. The summed E-state index contributed by atoms with van der Waals surface area (Å²) in [6.07, 6.45) is -0.453. The van der Waals surface area contributed by atoms with E-state index in [9.17, 15) is 0 Å². The molecule has 0 bridgehead atoms. The standard InChI is InChI=1S/C47H29N3O2/c1-3-11-30-25-32(21-19-28(30)9-1)33-23-24-37-42(27-33)51-41-18-8-15-38(43(37)41)46-48-45(34-22-20-29-10-2-4-12-31(29)26-34)49-47(50-46)39-16-7-14-36-35-13-5-6-17-40(35)52-44(36)39/h1-27,47H,(H,48,49,50). The van der Waals surface area contributed by atoms with Crippen LogP contribution in [0.25, 0.3) is 76.5 Å². The first kappa shape index (κ1) is 28.8. The Labute approximate surface area is 298 Å². The Bertz CT molecular complexity index is 3130. The number of fused-ring (bicyclic) bond motifs is 8. The van der Waals surface area contributed by atoms with Crippen molar-refractivity contribution in [2.75, 3.05) is 0 Å². The monoisotopic (exact) mass is 667 g/mol. The van der Waals surface area contributed by atoms with Gasteiger partial charge < -0.3 is 14.2 Å². The summed E-state index contributed by atoms with van der Waals surface area (Å²) in [7, 11) is 0. The molecule has 0 fully saturated rings. The quantitative estimate of drug-likeness (QED) is 0.203. The van der Waals surface area contributed by atoms with Crippen LogP contribution in [0.1, 0.15) is 22.9 Å². The van der Waals surface area contributed by atoms with Crippen LogP contribution in [-0.4, -0.2) is 11.7 Å². The number of para-hydroxylation sites is 2. The lowest BCUT2D eigenvalue weighted by Gasteiger charge is -2.24. The Morgan fingerprint density at radius 3 is 1.96 bits per heavy atom. The zero-order valence-electron chi connectivity index (χ0n) is 27.9. The second kappa shape index (κ2) is 11.3. The summed E-state index contributed by atoms with van der Waals surface area (Å²) in [5.41, 5.74) is 8.39. The van der Waals surface area contributed by atoms with Crippen molar-refractivity contribution >= 4 is 77.1 Å². The molecule has 0 amide bonds. The van der Waals surface area contributed by atoms with Crippen molar-refractivity contribution in [2.24, 2.45) is 9.98 Å². The number of amidine groups is 2. The van der Waals surface area contributed by atoms with Gasteiger partial charge in [-0.1, -0.05) is 127 Å². The Morgan fingerprint density at radius 1 is 0.462 bits per heavy atom. The van der Waals surface area contributed by atoms with Gasteiger partial charge in [0, 0.05) is 38.2 Å². The third-order valence-corrected chi connectivity index (χ3v) is 10.3. The van der Waals surface area contributed by atoms with Crippen molar-refractivity contribution in [1.82, 2.24) is 5.32 Å².